The molecule has 2 heteroatoms. The van der Waals surface area contributed by atoms with Crippen molar-refractivity contribution in [1.82, 2.24) is 0 Å². The predicted molar refractivity (Wildman–Crippen MR) is 84.5 cm³/mol. The van der Waals surface area contributed by atoms with E-state index in [4.69, 9.17) is 12.3 Å². The lowest BCUT2D eigenvalue weighted by molar-refractivity contribution is 0.670. The molecule has 0 spiro atoms. The molecule has 0 saturated carbocycles. The number of hydrogen-bond donors (Lipinski definition) is 0. The van der Waals surface area contributed by atoms with Crippen LogP contribution in [0.15, 0.2) is 71.1 Å². The van der Waals surface area contributed by atoms with Crippen molar-refractivity contribution in [3.05, 3.63) is 66.7 Å². The summed E-state index contributed by atoms with van der Waals surface area (Å²) >= 11 is 0. The van der Waals surface area contributed by atoms with E-state index in [0.29, 0.717) is 0 Å². The van der Waals surface area contributed by atoms with Crippen LogP contribution < -0.4 is 5.46 Å². The molecule has 0 N–H and O–H groups in total. The van der Waals surface area contributed by atoms with Gasteiger partial charge in [0.15, 0.2) is 0 Å². The number of hydrogen-bond acceptors (Lipinski definition) is 1. The van der Waals surface area contributed by atoms with Crippen molar-refractivity contribution >= 4 is 35.2 Å². The Kier molecular flexibility index (Phi) is 2.43. The lowest BCUT2D eigenvalue weighted by Crippen LogP contribution is -2.00. The van der Waals surface area contributed by atoms with E-state index in [-0.39, 0.29) is 0 Å². The van der Waals surface area contributed by atoms with Crippen molar-refractivity contribution in [1.29, 1.82) is 0 Å². The second-order valence-corrected chi connectivity index (χ2v) is 4.91. The van der Waals surface area contributed by atoms with Crippen LogP contribution >= 0.6 is 0 Å². The minimum absolute atomic E-state index is 0.760. The van der Waals surface area contributed by atoms with E-state index < -0.39 is 0 Å². The molecule has 0 aliphatic rings. The van der Waals surface area contributed by atoms with E-state index in [9.17, 15) is 0 Å². The monoisotopic (exact) mass is 254 g/mol. The summed E-state index contributed by atoms with van der Waals surface area (Å²) in [6.45, 7) is 0. The normalized spacial score (nSPS) is 11.2. The highest BCUT2D eigenvalue weighted by Crippen LogP contribution is 2.35. The Morgan fingerprint density at radius 2 is 1.55 bits per heavy atom. The molecule has 0 aliphatic heterocycles. The van der Waals surface area contributed by atoms with Crippen LogP contribution in [0, 0.1) is 0 Å². The van der Waals surface area contributed by atoms with Crippen LogP contribution in [-0.4, -0.2) is 7.85 Å². The van der Waals surface area contributed by atoms with Crippen molar-refractivity contribution < 1.29 is 4.42 Å². The summed E-state index contributed by atoms with van der Waals surface area (Å²) in [6, 6.07) is 22.2. The van der Waals surface area contributed by atoms with Crippen LogP contribution in [0.4, 0.5) is 0 Å². The summed E-state index contributed by atoms with van der Waals surface area (Å²) < 4.78 is 6.04. The molecule has 20 heavy (non-hydrogen) atoms. The van der Waals surface area contributed by atoms with Gasteiger partial charge >= 0.3 is 0 Å². The fourth-order valence-corrected chi connectivity index (χ4v) is 2.68. The highest BCUT2D eigenvalue weighted by atomic mass is 16.3. The van der Waals surface area contributed by atoms with Gasteiger partial charge in [0.1, 0.15) is 19.0 Å². The quantitative estimate of drug-likeness (QED) is 0.467. The van der Waals surface area contributed by atoms with Gasteiger partial charge in [0.05, 0.1) is 0 Å². The SMILES string of the molecule is [B]c1cccc(-c2cccc3c2oc2ccccc23)c1. The second-order valence-electron chi connectivity index (χ2n) is 4.91. The number of furan rings is 1. The predicted octanol–water partition coefficient (Wildman–Crippen LogP) is 4.05. The summed E-state index contributed by atoms with van der Waals surface area (Å²) in [5.74, 6) is 0. The molecule has 0 amide bonds. The molecule has 0 unspecified atom stereocenters. The molecule has 1 nitrogen and oxygen atoms in total. The average molecular weight is 254 g/mol. The first kappa shape index (κ1) is 11.4. The van der Waals surface area contributed by atoms with Gasteiger partial charge in [-0.05, 0) is 11.6 Å². The van der Waals surface area contributed by atoms with E-state index in [1.807, 2.05) is 36.4 Å². The molecular formula is C18H11BO. The second kappa shape index (κ2) is 4.27. The topological polar surface area (TPSA) is 13.1 Å². The van der Waals surface area contributed by atoms with Crippen molar-refractivity contribution in [2.24, 2.45) is 0 Å². The van der Waals surface area contributed by atoms with Crippen molar-refractivity contribution in [2.75, 3.05) is 0 Å². The van der Waals surface area contributed by atoms with Gasteiger partial charge in [-0.1, -0.05) is 66.1 Å². The molecule has 4 aromatic rings. The average Bonchev–Trinajstić information content (AvgIpc) is 2.86. The maximum absolute atomic E-state index is 6.04. The Balaban J connectivity index is 2.10. The molecule has 0 atom stereocenters. The van der Waals surface area contributed by atoms with E-state index in [1.165, 1.54) is 0 Å². The van der Waals surface area contributed by atoms with Gasteiger partial charge in [-0.3, -0.25) is 0 Å². The van der Waals surface area contributed by atoms with Gasteiger partial charge in [-0.2, -0.15) is 0 Å². The Morgan fingerprint density at radius 3 is 2.45 bits per heavy atom. The number of benzene rings is 3. The van der Waals surface area contributed by atoms with E-state index >= 15 is 0 Å². The number of rotatable bonds is 1. The van der Waals surface area contributed by atoms with Crippen LogP contribution in [0.3, 0.4) is 0 Å². The third kappa shape index (κ3) is 1.65. The van der Waals surface area contributed by atoms with Crippen LogP contribution in [0.1, 0.15) is 0 Å². The van der Waals surface area contributed by atoms with Crippen LogP contribution in [0.5, 0.6) is 0 Å². The molecule has 0 fully saturated rings. The Bertz CT molecular complexity index is 921. The van der Waals surface area contributed by atoms with Gasteiger partial charge in [0.2, 0.25) is 0 Å². The number of fused-ring (bicyclic) bond motifs is 3. The molecule has 0 bridgehead atoms. The molecule has 4 rings (SSSR count). The fourth-order valence-electron chi connectivity index (χ4n) is 2.68. The van der Waals surface area contributed by atoms with Gasteiger partial charge in [-0.15, -0.1) is 0 Å². The molecule has 1 heterocycles. The van der Waals surface area contributed by atoms with Crippen LogP contribution in [0.25, 0.3) is 33.1 Å². The minimum Gasteiger partial charge on any atom is -0.455 e. The largest absolute Gasteiger partial charge is 0.455 e. The summed E-state index contributed by atoms with van der Waals surface area (Å²) in [5, 5.41) is 2.29. The lowest BCUT2D eigenvalue weighted by Gasteiger charge is -2.03. The van der Waals surface area contributed by atoms with Crippen molar-refractivity contribution in [2.45, 2.75) is 0 Å². The Labute approximate surface area is 118 Å². The first-order valence-electron chi connectivity index (χ1n) is 6.59. The molecule has 0 saturated heterocycles. The third-order valence-corrected chi connectivity index (χ3v) is 3.60. The van der Waals surface area contributed by atoms with E-state index in [0.717, 1.165) is 38.5 Å². The third-order valence-electron chi connectivity index (χ3n) is 3.60. The van der Waals surface area contributed by atoms with Gasteiger partial charge in [0.25, 0.3) is 0 Å². The van der Waals surface area contributed by atoms with E-state index in [2.05, 4.69) is 30.3 Å². The molecule has 92 valence electrons. The van der Waals surface area contributed by atoms with Crippen LogP contribution in [0.2, 0.25) is 0 Å². The summed E-state index contributed by atoms with van der Waals surface area (Å²) in [5.41, 5.74) is 4.74. The highest BCUT2D eigenvalue weighted by Gasteiger charge is 2.11. The first-order valence-corrected chi connectivity index (χ1v) is 6.59. The van der Waals surface area contributed by atoms with Crippen molar-refractivity contribution in [3.8, 4) is 11.1 Å². The standard InChI is InChI=1S/C18H11BO/c19-13-6-3-5-12(11-13)14-8-4-9-16-15-7-1-2-10-17(15)20-18(14)16/h1-11H. The molecule has 1 aromatic heterocycles. The maximum Gasteiger partial charge on any atom is 0.143 e. The summed E-state index contributed by atoms with van der Waals surface area (Å²) in [7, 11) is 5.88. The van der Waals surface area contributed by atoms with Gasteiger partial charge < -0.3 is 4.42 Å². The zero-order valence-electron chi connectivity index (χ0n) is 10.8. The smallest absolute Gasteiger partial charge is 0.143 e. The molecule has 2 radical (unpaired) electrons. The molecule has 0 aliphatic carbocycles. The first-order chi connectivity index (χ1) is 9.83. The Morgan fingerprint density at radius 1 is 0.750 bits per heavy atom. The van der Waals surface area contributed by atoms with E-state index in [1.54, 1.807) is 0 Å². The van der Waals surface area contributed by atoms with Crippen molar-refractivity contribution in [3.63, 3.8) is 0 Å². The highest BCUT2D eigenvalue weighted by molar-refractivity contribution is 6.32. The van der Waals surface area contributed by atoms with Gasteiger partial charge in [-0.25, -0.2) is 0 Å². The maximum atomic E-state index is 6.04. The molecule has 3 aromatic carbocycles. The number of para-hydroxylation sites is 2. The fraction of sp³-hybridized carbons (Fsp3) is 0. The van der Waals surface area contributed by atoms with Crippen LogP contribution in [-0.2, 0) is 0 Å². The zero-order valence-corrected chi connectivity index (χ0v) is 10.8. The minimum atomic E-state index is 0.760. The lowest BCUT2D eigenvalue weighted by atomic mass is 9.92. The summed E-state index contributed by atoms with van der Waals surface area (Å²) in [6.07, 6.45) is 0. The molecular weight excluding hydrogens is 243 g/mol. The van der Waals surface area contributed by atoms with Gasteiger partial charge in [0, 0.05) is 16.3 Å². The Hall–Kier alpha value is -2.48. The summed E-state index contributed by atoms with van der Waals surface area (Å²) in [4.78, 5) is 0. The zero-order chi connectivity index (χ0) is 13.5.